The fraction of sp³-hybridized carbons (Fsp3) is 0.762. The van der Waals surface area contributed by atoms with Crippen molar-refractivity contribution in [2.24, 2.45) is 5.92 Å². The number of rotatable bonds is 9. The summed E-state index contributed by atoms with van der Waals surface area (Å²) in [5, 5.41) is 3.10. The first-order chi connectivity index (χ1) is 13.1. The summed E-state index contributed by atoms with van der Waals surface area (Å²) in [6, 6.07) is 4.37. The van der Waals surface area contributed by atoms with Crippen molar-refractivity contribution in [2.75, 3.05) is 39.3 Å². The second-order valence-corrected chi connectivity index (χ2v) is 8.37. The first-order valence-electron chi connectivity index (χ1n) is 10.5. The van der Waals surface area contributed by atoms with Gasteiger partial charge in [-0.05, 0) is 30.9 Å². The lowest BCUT2D eigenvalue weighted by Crippen LogP contribution is -2.50. The van der Waals surface area contributed by atoms with E-state index in [1.54, 1.807) is 6.26 Å². The van der Waals surface area contributed by atoms with Gasteiger partial charge in [0, 0.05) is 32.2 Å². The number of nitrogens with one attached hydrogen (secondary N) is 1. The van der Waals surface area contributed by atoms with E-state index in [0.29, 0.717) is 31.6 Å². The Morgan fingerprint density at radius 1 is 1.37 bits per heavy atom. The van der Waals surface area contributed by atoms with Gasteiger partial charge in [0.25, 0.3) is 0 Å². The van der Waals surface area contributed by atoms with Crippen molar-refractivity contribution < 1.29 is 13.9 Å². The monoisotopic (exact) mass is 377 g/mol. The lowest BCUT2D eigenvalue weighted by molar-refractivity contribution is -0.124. The van der Waals surface area contributed by atoms with Crippen LogP contribution in [0.1, 0.15) is 45.3 Å². The van der Waals surface area contributed by atoms with Crippen molar-refractivity contribution in [3.8, 4) is 0 Å². The van der Waals surface area contributed by atoms with Gasteiger partial charge < -0.3 is 14.5 Å². The van der Waals surface area contributed by atoms with Crippen LogP contribution in [0.25, 0.3) is 0 Å². The molecule has 2 fully saturated rings. The number of furan rings is 1. The molecule has 6 heteroatoms. The molecule has 1 saturated heterocycles. The van der Waals surface area contributed by atoms with Crippen LogP contribution in [0, 0.1) is 5.92 Å². The van der Waals surface area contributed by atoms with Gasteiger partial charge in [-0.25, -0.2) is 0 Å². The lowest BCUT2D eigenvalue weighted by Gasteiger charge is -2.34. The van der Waals surface area contributed by atoms with Crippen molar-refractivity contribution >= 4 is 5.91 Å². The normalized spacial score (nSPS) is 22.0. The van der Waals surface area contributed by atoms with E-state index in [1.807, 2.05) is 12.1 Å². The minimum atomic E-state index is 0.0815. The number of hydrogen-bond acceptors (Lipinski definition) is 5. The summed E-state index contributed by atoms with van der Waals surface area (Å²) in [5.74, 6) is 1.66. The molecule has 0 bridgehead atoms. The molecule has 2 heterocycles. The van der Waals surface area contributed by atoms with Crippen molar-refractivity contribution in [3.63, 3.8) is 0 Å². The summed E-state index contributed by atoms with van der Waals surface area (Å²) in [4.78, 5) is 17.3. The van der Waals surface area contributed by atoms with Crippen LogP contribution in [0.3, 0.4) is 0 Å². The van der Waals surface area contributed by atoms with Crippen LogP contribution in [0.2, 0.25) is 0 Å². The van der Waals surface area contributed by atoms with Crippen LogP contribution in [0.4, 0.5) is 0 Å². The van der Waals surface area contributed by atoms with E-state index in [9.17, 15) is 4.79 Å². The van der Waals surface area contributed by atoms with Crippen LogP contribution in [0.5, 0.6) is 0 Å². The maximum Gasteiger partial charge on any atom is 0.234 e. The Bertz CT molecular complexity index is 555. The van der Waals surface area contributed by atoms with Crippen molar-refractivity contribution in [2.45, 2.75) is 58.2 Å². The molecule has 1 aromatic rings. The number of morpholine rings is 1. The SMILES string of the molecule is CC(C)CN1CCOC(CNC(=O)CN(Cc2ccco2)C2CCCC2)C1. The molecule has 3 rings (SSSR count). The maximum absolute atomic E-state index is 12.6. The van der Waals surface area contributed by atoms with Gasteiger partial charge in [0.15, 0.2) is 0 Å². The Kier molecular flexibility index (Phi) is 7.73. The van der Waals surface area contributed by atoms with Gasteiger partial charge in [0.1, 0.15) is 5.76 Å². The van der Waals surface area contributed by atoms with Gasteiger partial charge >= 0.3 is 0 Å². The number of nitrogens with zero attached hydrogens (tertiary/aromatic N) is 2. The summed E-state index contributed by atoms with van der Waals surface area (Å²) in [6.45, 7) is 9.92. The third kappa shape index (κ3) is 6.63. The molecular weight excluding hydrogens is 342 g/mol. The molecule has 0 spiro atoms. The zero-order valence-electron chi connectivity index (χ0n) is 16.9. The Balaban J connectivity index is 1.45. The van der Waals surface area contributed by atoms with Gasteiger partial charge in [0.2, 0.25) is 5.91 Å². The first-order valence-corrected chi connectivity index (χ1v) is 10.5. The van der Waals surface area contributed by atoms with Gasteiger partial charge in [-0.15, -0.1) is 0 Å². The van der Waals surface area contributed by atoms with E-state index in [1.165, 1.54) is 25.7 Å². The Labute approximate surface area is 163 Å². The van der Waals surface area contributed by atoms with Gasteiger partial charge in [-0.3, -0.25) is 14.6 Å². The summed E-state index contributed by atoms with van der Waals surface area (Å²) in [5.41, 5.74) is 0. The summed E-state index contributed by atoms with van der Waals surface area (Å²) in [7, 11) is 0. The summed E-state index contributed by atoms with van der Waals surface area (Å²) < 4.78 is 11.3. The van der Waals surface area contributed by atoms with E-state index in [2.05, 4.69) is 29.0 Å². The molecule has 152 valence electrons. The molecule has 0 aromatic carbocycles. The Morgan fingerprint density at radius 3 is 2.89 bits per heavy atom. The van der Waals surface area contributed by atoms with Gasteiger partial charge in [-0.2, -0.15) is 0 Å². The Morgan fingerprint density at radius 2 is 2.19 bits per heavy atom. The summed E-state index contributed by atoms with van der Waals surface area (Å²) >= 11 is 0. The molecular formula is C21H35N3O3. The number of carbonyl (C=O) groups is 1. The molecule has 6 nitrogen and oxygen atoms in total. The van der Waals surface area contributed by atoms with E-state index in [-0.39, 0.29) is 12.0 Å². The molecule has 2 aliphatic rings. The minimum absolute atomic E-state index is 0.0815. The average Bonchev–Trinajstić information content (AvgIpc) is 3.33. The molecule has 1 amide bonds. The van der Waals surface area contributed by atoms with E-state index in [4.69, 9.17) is 9.15 Å². The van der Waals surface area contributed by atoms with Crippen molar-refractivity contribution in [1.82, 2.24) is 15.1 Å². The molecule has 1 N–H and O–H groups in total. The van der Waals surface area contributed by atoms with Crippen LogP contribution < -0.4 is 5.32 Å². The lowest BCUT2D eigenvalue weighted by atomic mass is 10.1. The third-order valence-corrected chi connectivity index (χ3v) is 5.50. The second-order valence-electron chi connectivity index (χ2n) is 8.37. The predicted molar refractivity (Wildman–Crippen MR) is 105 cm³/mol. The summed E-state index contributed by atoms with van der Waals surface area (Å²) in [6.07, 6.45) is 6.64. The van der Waals surface area contributed by atoms with E-state index >= 15 is 0 Å². The molecule has 1 aliphatic carbocycles. The second kappa shape index (κ2) is 10.2. The van der Waals surface area contributed by atoms with E-state index < -0.39 is 0 Å². The molecule has 27 heavy (non-hydrogen) atoms. The zero-order valence-corrected chi connectivity index (χ0v) is 16.9. The highest BCUT2D eigenvalue weighted by molar-refractivity contribution is 5.78. The van der Waals surface area contributed by atoms with Crippen LogP contribution in [-0.2, 0) is 16.1 Å². The van der Waals surface area contributed by atoms with Crippen molar-refractivity contribution in [1.29, 1.82) is 0 Å². The van der Waals surface area contributed by atoms with Crippen LogP contribution in [-0.4, -0.2) is 67.2 Å². The first kappa shape index (κ1) is 20.4. The number of carbonyl (C=O) groups excluding carboxylic acids is 1. The van der Waals surface area contributed by atoms with Crippen LogP contribution in [0.15, 0.2) is 22.8 Å². The number of hydrogen-bond donors (Lipinski definition) is 1. The molecule has 1 unspecified atom stereocenters. The largest absolute Gasteiger partial charge is 0.468 e. The topological polar surface area (TPSA) is 58.0 Å². The molecule has 1 saturated carbocycles. The average molecular weight is 378 g/mol. The van der Waals surface area contributed by atoms with Crippen LogP contribution >= 0.6 is 0 Å². The number of amides is 1. The highest BCUT2D eigenvalue weighted by Gasteiger charge is 2.26. The highest BCUT2D eigenvalue weighted by Crippen LogP contribution is 2.24. The predicted octanol–water partition coefficient (Wildman–Crippen LogP) is 2.50. The standard InChI is InChI=1S/C21H35N3O3/c1-17(2)13-23-9-11-27-20(14-23)12-22-21(25)16-24(18-6-3-4-7-18)15-19-8-5-10-26-19/h5,8,10,17-18,20H,3-4,6-7,9,11-16H2,1-2H3,(H,22,25). The molecule has 1 aliphatic heterocycles. The highest BCUT2D eigenvalue weighted by atomic mass is 16.5. The quantitative estimate of drug-likeness (QED) is 0.717. The fourth-order valence-electron chi connectivity index (χ4n) is 4.24. The smallest absolute Gasteiger partial charge is 0.234 e. The number of ether oxygens (including phenoxy) is 1. The molecule has 0 radical (unpaired) electrons. The molecule has 1 aromatic heterocycles. The Hall–Kier alpha value is -1.37. The third-order valence-electron chi connectivity index (χ3n) is 5.50. The van der Waals surface area contributed by atoms with E-state index in [0.717, 1.165) is 32.0 Å². The minimum Gasteiger partial charge on any atom is -0.468 e. The molecule has 1 atom stereocenters. The van der Waals surface area contributed by atoms with Gasteiger partial charge in [0.05, 0.1) is 32.1 Å². The fourth-order valence-corrected chi connectivity index (χ4v) is 4.24. The van der Waals surface area contributed by atoms with Gasteiger partial charge in [-0.1, -0.05) is 26.7 Å². The zero-order chi connectivity index (χ0) is 19.1. The maximum atomic E-state index is 12.6. The van der Waals surface area contributed by atoms with Crippen molar-refractivity contribution in [3.05, 3.63) is 24.2 Å².